The molecule has 1 fully saturated rings. The Labute approximate surface area is 209 Å². The molecule has 0 spiro atoms. The van der Waals surface area contributed by atoms with Gasteiger partial charge in [-0.3, -0.25) is 4.68 Å². The molecule has 9 nitrogen and oxygen atoms in total. The maximum atomic E-state index is 13.0. The summed E-state index contributed by atoms with van der Waals surface area (Å²) < 4.78 is 1.81. The summed E-state index contributed by atoms with van der Waals surface area (Å²) in [6, 6.07) is 9.48. The van der Waals surface area contributed by atoms with E-state index in [2.05, 4.69) is 43.3 Å². The number of halogens is 1. The SMILES string of the molecule is Cc1nn(C)cc1-c1cc2c(N3CCN(C(=O)N[C@@H](C)c4ccc(Cl)cc4)[C@H](C)C3)ncnc2[nH]1. The second-order valence-corrected chi connectivity index (χ2v) is 9.59. The zero-order chi connectivity index (χ0) is 24.7. The number of hydrogen-bond acceptors (Lipinski definition) is 5. The average molecular weight is 493 g/mol. The van der Waals surface area contributed by atoms with E-state index in [0.29, 0.717) is 24.7 Å². The molecule has 0 saturated carbocycles. The van der Waals surface area contributed by atoms with Crippen molar-refractivity contribution < 1.29 is 4.79 Å². The van der Waals surface area contributed by atoms with Crippen LogP contribution in [0.25, 0.3) is 22.3 Å². The lowest BCUT2D eigenvalue weighted by atomic mass is 10.1. The Morgan fingerprint density at radius 3 is 2.69 bits per heavy atom. The maximum Gasteiger partial charge on any atom is 0.318 e. The van der Waals surface area contributed by atoms with E-state index in [1.54, 1.807) is 6.33 Å². The second-order valence-electron chi connectivity index (χ2n) is 9.16. The van der Waals surface area contributed by atoms with Crippen LogP contribution in [0.3, 0.4) is 0 Å². The van der Waals surface area contributed by atoms with Gasteiger partial charge in [-0.25, -0.2) is 14.8 Å². The monoisotopic (exact) mass is 492 g/mol. The van der Waals surface area contributed by atoms with Gasteiger partial charge in [-0.05, 0) is 44.5 Å². The van der Waals surface area contributed by atoms with Crippen LogP contribution in [-0.2, 0) is 7.05 Å². The lowest BCUT2D eigenvalue weighted by Gasteiger charge is -2.40. The summed E-state index contributed by atoms with van der Waals surface area (Å²) in [5.41, 5.74) is 4.77. The normalized spacial score (nSPS) is 17.1. The first-order valence-corrected chi connectivity index (χ1v) is 12.1. The molecule has 0 unspecified atom stereocenters. The van der Waals surface area contributed by atoms with Gasteiger partial charge in [0.05, 0.1) is 22.8 Å². The summed E-state index contributed by atoms with van der Waals surface area (Å²) in [5, 5.41) is 9.21. The van der Waals surface area contributed by atoms with Gasteiger partial charge in [0.15, 0.2) is 0 Å². The highest BCUT2D eigenvalue weighted by Gasteiger charge is 2.30. The Hall–Kier alpha value is -3.59. The van der Waals surface area contributed by atoms with Crippen LogP contribution >= 0.6 is 11.6 Å². The number of carbonyl (C=O) groups excluding carboxylic acids is 1. The van der Waals surface area contributed by atoms with Crippen molar-refractivity contribution in [2.24, 2.45) is 7.05 Å². The van der Waals surface area contributed by atoms with Crippen LogP contribution in [0.2, 0.25) is 5.02 Å². The topological polar surface area (TPSA) is 95.0 Å². The molecule has 0 aliphatic carbocycles. The number of urea groups is 1. The number of fused-ring (bicyclic) bond motifs is 1. The number of piperazine rings is 1. The maximum absolute atomic E-state index is 13.0. The van der Waals surface area contributed by atoms with Crippen LogP contribution in [0.1, 0.15) is 31.1 Å². The predicted molar refractivity (Wildman–Crippen MR) is 138 cm³/mol. The second kappa shape index (κ2) is 9.22. The van der Waals surface area contributed by atoms with Crippen LogP contribution in [0.15, 0.2) is 42.9 Å². The van der Waals surface area contributed by atoms with E-state index in [-0.39, 0.29) is 18.1 Å². The number of hydrogen-bond donors (Lipinski definition) is 2. The Morgan fingerprint density at radius 1 is 1.23 bits per heavy atom. The zero-order valence-corrected chi connectivity index (χ0v) is 21.0. The van der Waals surface area contributed by atoms with Crippen molar-refractivity contribution in [1.29, 1.82) is 0 Å². The van der Waals surface area contributed by atoms with Gasteiger partial charge in [-0.1, -0.05) is 23.7 Å². The van der Waals surface area contributed by atoms with Gasteiger partial charge in [0.25, 0.3) is 0 Å². The van der Waals surface area contributed by atoms with Crippen molar-refractivity contribution in [3.63, 3.8) is 0 Å². The van der Waals surface area contributed by atoms with E-state index in [0.717, 1.165) is 39.4 Å². The van der Waals surface area contributed by atoms with Gasteiger partial charge in [-0.2, -0.15) is 5.10 Å². The first kappa shape index (κ1) is 23.2. The van der Waals surface area contributed by atoms with Crippen molar-refractivity contribution in [3.8, 4) is 11.3 Å². The van der Waals surface area contributed by atoms with Crippen LogP contribution in [0.5, 0.6) is 0 Å². The number of aromatic amines is 1. The lowest BCUT2D eigenvalue weighted by Crippen LogP contribution is -2.57. The molecule has 0 bridgehead atoms. The smallest absolute Gasteiger partial charge is 0.318 e. The van der Waals surface area contributed by atoms with Gasteiger partial charge in [0.2, 0.25) is 0 Å². The minimum atomic E-state index is -0.110. The lowest BCUT2D eigenvalue weighted by molar-refractivity contribution is 0.168. The summed E-state index contributed by atoms with van der Waals surface area (Å²) in [5.74, 6) is 0.875. The van der Waals surface area contributed by atoms with E-state index in [1.807, 2.05) is 60.9 Å². The van der Waals surface area contributed by atoms with E-state index in [9.17, 15) is 4.79 Å². The van der Waals surface area contributed by atoms with Gasteiger partial charge in [0.1, 0.15) is 17.8 Å². The molecule has 2 N–H and O–H groups in total. The molecule has 1 aliphatic rings. The third kappa shape index (κ3) is 4.55. The van der Waals surface area contributed by atoms with Crippen LogP contribution < -0.4 is 10.2 Å². The fourth-order valence-corrected chi connectivity index (χ4v) is 4.87. The molecule has 4 aromatic rings. The number of rotatable bonds is 4. The summed E-state index contributed by atoms with van der Waals surface area (Å²) in [4.78, 5) is 29.6. The molecule has 1 aliphatic heterocycles. The molecular weight excluding hydrogens is 464 g/mol. The van der Waals surface area contributed by atoms with Gasteiger partial charge in [-0.15, -0.1) is 0 Å². The zero-order valence-electron chi connectivity index (χ0n) is 20.3. The fourth-order valence-electron chi connectivity index (χ4n) is 4.74. The number of H-pyrrole nitrogens is 1. The van der Waals surface area contributed by atoms with Crippen molar-refractivity contribution in [2.45, 2.75) is 32.9 Å². The Balaban J connectivity index is 1.31. The highest BCUT2D eigenvalue weighted by molar-refractivity contribution is 6.30. The van der Waals surface area contributed by atoms with Crippen LogP contribution in [0.4, 0.5) is 10.6 Å². The molecule has 0 radical (unpaired) electrons. The Bertz CT molecular complexity index is 1360. The molecule has 2 atom stereocenters. The number of anilines is 1. The van der Waals surface area contributed by atoms with Gasteiger partial charge < -0.3 is 20.1 Å². The molecule has 1 aromatic carbocycles. The molecule has 1 saturated heterocycles. The average Bonchev–Trinajstić information content (AvgIpc) is 3.41. The fraction of sp³-hybridized carbons (Fsp3) is 0.360. The van der Waals surface area contributed by atoms with Crippen molar-refractivity contribution in [3.05, 3.63) is 59.1 Å². The van der Waals surface area contributed by atoms with Crippen molar-refractivity contribution in [1.82, 2.24) is 34.9 Å². The van der Waals surface area contributed by atoms with Crippen LogP contribution in [-0.4, -0.2) is 61.3 Å². The van der Waals surface area contributed by atoms with Crippen LogP contribution in [0, 0.1) is 6.92 Å². The van der Waals surface area contributed by atoms with Crippen molar-refractivity contribution in [2.75, 3.05) is 24.5 Å². The first-order valence-electron chi connectivity index (χ1n) is 11.7. The third-order valence-electron chi connectivity index (χ3n) is 6.61. The number of nitrogens with one attached hydrogen (secondary N) is 2. The number of aromatic nitrogens is 5. The number of carbonyl (C=O) groups is 1. The molecular formula is C25H29ClN8O. The Kier molecular flexibility index (Phi) is 6.10. The van der Waals surface area contributed by atoms with Gasteiger partial charge in [0, 0.05) is 49.5 Å². The standard InChI is InChI=1S/C25H29ClN8O/c1-15-12-33(9-10-34(15)25(35)29-16(2)18-5-7-19(26)8-6-18)24-20-11-22(30-23(20)27-14-28-24)21-13-32(4)31-17(21)3/h5-8,11,13-16H,9-10,12H2,1-4H3,(H,29,35)(H,27,28,30)/t15-,16+/m1/s1. The summed E-state index contributed by atoms with van der Waals surface area (Å²) in [6.45, 7) is 8.01. The number of nitrogens with zero attached hydrogens (tertiary/aromatic N) is 6. The molecule has 182 valence electrons. The first-order chi connectivity index (χ1) is 16.8. The van der Waals surface area contributed by atoms with Crippen molar-refractivity contribution >= 4 is 34.5 Å². The largest absolute Gasteiger partial charge is 0.352 e. The predicted octanol–water partition coefficient (Wildman–Crippen LogP) is 4.30. The Morgan fingerprint density at radius 2 is 2.00 bits per heavy atom. The molecule has 35 heavy (non-hydrogen) atoms. The van der Waals surface area contributed by atoms with E-state index >= 15 is 0 Å². The quantitative estimate of drug-likeness (QED) is 0.443. The minimum absolute atomic E-state index is 0.0187. The number of amides is 2. The number of benzene rings is 1. The van der Waals surface area contributed by atoms with E-state index < -0.39 is 0 Å². The van der Waals surface area contributed by atoms with E-state index in [1.165, 1.54) is 0 Å². The summed E-state index contributed by atoms with van der Waals surface area (Å²) in [6.07, 6.45) is 3.59. The summed E-state index contributed by atoms with van der Waals surface area (Å²) in [7, 11) is 1.91. The molecule has 10 heteroatoms. The third-order valence-corrected chi connectivity index (χ3v) is 6.86. The van der Waals surface area contributed by atoms with Gasteiger partial charge >= 0.3 is 6.03 Å². The molecule has 4 heterocycles. The molecule has 2 amide bonds. The van der Waals surface area contributed by atoms with E-state index in [4.69, 9.17) is 11.6 Å². The molecule has 3 aromatic heterocycles. The summed E-state index contributed by atoms with van der Waals surface area (Å²) >= 11 is 5.99. The highest BCUT2D eigenvalue weighted by atomic mass is 35.5. The number of aryl methyl sites for hydroxylation is 2. The molecule has 5 rings (SSSR count). The minimum Gasteiger partial charge on any atom is -0.352 e. The highest BCUT2D eigenvalue weighted by Crippen LogP contribution is 2.31.